The van der Waals surface area contributed by atoms with Gasteiger partial charge in [0.1, 0.15) is 41.3 Å². The number of carbonyl (C=O) groups is 1. The maximum absolute atomic E-state index is 15.7. The van der Waals surface area contributed by atoms with Crippen molar-refractivity contribution >= 4 is 50.3 Å². The molecule has 2 aromatic rings. The van der Waals surface area contributed by atoms with Crippen LogP contribution in [-0.2, 0) is 4.74 Å². The van der Waals surface area contributed by atoms with E-state index in [2.05, 4.69) is 30.7 Å². The van der Waals surface area contributed by atoms with Crippen LogP contribution in [0, 0.1) is 5.82 Å². The second-order valence-electron chi connectivity index (χ2n) is 13.1. The molecule has 1 spiro atoms. The van der Waals surface area contributed by atoms with Gasteiger partial charge < -0.3 is 24.0 Å². The summed E-state index contributed by atoms with van der Waals surface area (Å²) in [5.41, 5.74) is -1.43. The van der Waals surface area contributed by atoms with Crippen molar-refractivity contribution in [3.63, 3.8) is 0 Å². The van der Waals surface area contributed by atoms with Gasteiger partial charge in [-0.25, -0.2) is 13.6 Å². The fourth-order valence-corrected chi connectivity index (χ4v) is 8.02. The van der Waals surface area contributed by atoms with Crippen LogP contribution in [0.2, 0.25) is 5.02 Å². The topological polar surface area (TPSA) is 80.3 Å². The van der Waals surface area contributed by atoms with Crippen LogP contribution in [0.4, 0.5) is 19.4 Å². The summed E-state index contributed by atoms with van der Waals surface area (Å²) in [5.74, 6) is 0.135. The molecule has 4 saturated heterocycles. The predicted octanol–water partition coefficient (Wildman–Crippen LogP) is 5.49. The van der Waals surface area contributed by atoms with Crippen molar-refractivity contribution in [1.82, 2.24) is 19.8 Å². The second-order valence-corrected chi connectivity index (χ2v) is 14.3. The Morgan fingerprint density at radius 1 is 1.24 bits per heavy atom. The van der Waals surface area contributed by atoms with Crippen LogP contribution in [0.5, 0.6) is 11.8 Å². The number of nitrogens with zero attached hydrogens (tertiary/aromatic N) is 5. The van der Waals surface area contributed by atoms with E-state index < -0.39 is 28.7 Å². The molecule has 222 valence electrons. The molecule has 1 aromatic heterocycles. The zero-order chi connectivity index (χ0) is 28.9. The maximum Gasteiger partial charge on any atom is 0.410 e. The third kappa shape index (κ3) is 4.33. The highest BCUT2D eigenvalue weighted by Gasteiger charge is 2.57. The van der Waals surface area contributed by atoms with Crippen molar-refractivity contribution in [3.05, 3.63) is 15.3 Å². The fraction of sp³-hybridized carbons (Fsp3) is 0.679. The lowest BCUT2D eigenvalue weighted by molar-refractivity contribution is -0.0377. The average Bonchev–Trinajstić information content (AvgIpc) is 3.52. The lowest BCUT2D eigenvalue weighted by Gasteiger charge is -2.50. The summed E-state index contributed by atoms with van der Waals surface area (Å²) in [6.07, 6.45) is 2.42. The zero-order valence-electron chi connectivity index (χ0n) is 23.3. The number of benzene rings is 1. The Kier molecular flexibility index (Phi) is 6.34. The Balaban J connectivity index is 1.26. The number of hydrogen-bond acceptors (Lipinski definition) is 8. The van der Waals surface area contributed by atoms with Crippen LogP contribution in [-0.4, -0.2) is 94.1 Å². The third-order valence-corrected chi connectivity index (χ3v) is 10.7. The predicted molar refractivity (Wildman–Crippen MR) is 152 cm³/mol. The Bertz CT molecular complexity index is 1440. The molecule has 13 heteroatoms. The first-order chi connectivity index (χ1) is 19.4. The molecule has 5 aliphatic heterocycles. The molecule has 1 aromatic carbocycles. The van der Waals surface area contributed by atoms with Gasteiger partial charge in [-0.1, -0.05) is 11.6 Å². The van der Waals surface area contributed by atoms with E-state index in [4.69, 9.17) is 30.8 Å². The highest BCUT2D eigenvalue weighted by molar-refractivity contribution is 9.10. The maximum atomic E-state index is 15.7. The molecular weight excluding hydrogens is 624 g/mol. The van der Waals surface area contributed by atoms with Gasteiger partial charge in [0, 0.05) is 26.1 Å². The van der Waals surface area contributed by atoms with Gasteiger partial charge in [-0.2, -0.15) is 9.97 Å². The number of hydrogen-bond donors (Lipinski definition) is 0. The monoisotopic (exact) mass is 655 g/mol. The molecule has 5 aliphatic rings. The molecular formula is C28H33BrClF2N5O4. The van der Waals surface area contributed by atoms with E-state index in [-0.39, 0.29) is 46.4 Å². The Morgan fingerprint density at radius 2 is 2.05 bits per heavy atom. The van der Waals surface area contributed by atoms with Crippen LogP contribution in [0.3, 0.4) is 0 Å². The van der Waals surface area contributed by atoms with E-state index in [0.717, 1.165) is 25.8 Å². The fourth-order valence-electron chi connectivity index (χ4n) is 7.42. The van der Waals surface area contributed by atoms with Crippen LogP contribution in [0.1, 0.15) is 52.9 Å². The van der Waals surface area contributed by atoms with E-state index in [1.165, 1.54) is 0 Å². The minimum absolute atomic E-state index is 0.0225. The number of ether oxygens (including phenoxy) is 3. The normalized spacial score (nSPS) is 30.7. The van der Waals surface area contributed by atoms with Gasteiger partial charge in [-0.3, -0.25) is 4.90 Å². The first-order valence-corrected chi connectivity index (χ1v) is 15.4. The summed E-state index contributed by atoms with van der Waals surface area (Å²) in [5, 5.41) is 0.486. The summed E-state index contributed by atoms with van der Waals surface area (Å²) in [7, 11) is 0. The lowest BCUT2D eigenvalue weighted by Crippen LogP contribution is -2.64. The number of carbonyl (C=O) groups excluding carboxylic acids is 1. The summed E-state index contributed by atoms with van der Waals surface area (Å²) in [6.45, 7) is 8.36. The third-order valence-electron chi connectivity index (χ3n) is 9.32. The molecule has 4 fully saturated rings. The summed E-state index contributed by atoms with van der Waals surface area (Å²) in [6, 6.07) is -0.128. The number of halogens is 4. The molecule has 0 bridgehead atoms. The molecule has 4 atom stereocenters. The highest BCUT2D eigenvalue weighted by Crippen LogP contribution is 2.51. The molecule has 7 rings (SSSR count). The number of anilines is 1. The number of aromatic nitrogens is 2. The van der Waals surface area contributed by atoms with Gasteiger partial charge in [0.05, 0.1) is 27.0 Å². The molecule has 6 heterocycles. The molecule has 1 amide bonds. The van der Waals surface area contributed by atoms with E-state index in [9.17, 15) is 9.18 Å². The van der Waals surface area contributed by atoms with Gasteiger partial charge in [-0.05, 0) is 68.9 Å². The van der Waals surface area contributed by atoms with Crippen molar-refractivity contribution in [1.29, 1.82) is 0 Å². The molecule has 0 saturated carbocycles. The minimum atomic E-state index is -0.895. The molecule has 9 nitrogen and oxygen atoms in total. The van der Waals surface area contributed by atoms with Gasteiger partial charge >= 0.3 is 12.1 Å². The Morgan fingerprint density at radius 3 is 2.78 bits per heavy atom. The quantitative estimate of drug-likeness (QED) is 0.402. The van der Waals surface area contributed by atoms with E-state index in [1.807, 2.05) is 20.8 Å². The van der Waals surface area contributed by atoms with Crippen LogP contribution < -0.4 is 14.4 Å². The van der Waals surface area contributed by atoms with E-state index in [0.29, 0.717) is 49.4 Å². The highest BCUT2D eigenvalue weighted by atomic mass is 79.9. The van der Waals surface area contributed by atoms with Crippen LogP contribution >= 0.6 is 27.5 Å². The standard InChI is InChI=1S/C28H33BrClF2N5O4/c1-26(2,3)41-25(38)37-8-6-27(37)10-16-12-39-22-17-21(20(32)18(29)19(22)30)33-24(34-23(17)36(16)13-27)40-14-28-5-4-7-35(28)11-15(31)9-28/h15-16H,4-14H2,1-3H3/t15-,16?,27?,28+/m1/s1. The van der Waals surface area contributed by atoms with E-state index >= 15 is 4.39 Å². The second kappa shape index (κ2) is 9.41. The van der Waals surface area contributed by atoms with Crippen molar-refractivity contribution < 1.29 is 27.8 Å². The molecule has 41 heavy (non-hydrogen) atoms. The molecule has 0 radical (unpaired) electrons. The number of likely N-dealkylation sites (tertiary alicyclic amines) is 1. The van der Waals surface area contributed by atoms with Crippen molar-refractivity contribution in [2.75, 3.05) is 44.3 Å². The number of alkyl halides is 1. The van der Waals surface area contributed by atoms with Crippen LogP contribution in [0.25, 0.3) is 10.9 Å². The van der Waals surface area contributed by atoms with Gasteiger partial charge in [0.2, 0.25) is 0 Å². The molecule has 2 unspecified atom stereocenters. The largest absolute Gasteiger partial charge is 0.489 e. The minimum Gasteiger partial charge on any atom is -0.489 e. The van der Waals surface area contributed by atoms with Crippen LogP contribution in [0.15, 0.2) is 4.47 Å². The molecule has 0 N–H and O–H groups in total. The van der Waals surface area contributed by atoms with Crippen molar-refractivity contribution in [2.24, 2.45) is 0 Å². The zero-order valence-corrected chi connectivity index (χ0v) is 25.7. The van der Waals surface area contributed by atoms with Crippen molar-refractivity contribution in [2.45, 2.75) is 81.8 Å². The SMILES string of the molecule is CC(C)(C)OC(=O)N1CCC12CC1COc3c(Cl)c(Br)c(F)c4nc(OC[C@@]56CCCN5C[C@H](F)C6)nc(c34)N1C2. The summed E-state index contributed by atoms with van der Waals surface area (Å²) in [4.78, 5) is 28.4. The number of amides is 1. The Labute approximate surface area is 250 Å². The summed E-state index contributed by atoms with van der Waals surface area (Å²) >= 11 is 9.83. The smallest absolute Gasteiger partial charge is 0.410 e. The average molecular weight is 657 g/mol. The van der Waals surface area contributed by atoms with Gasteiger partial charge in [0.15, 0.2) is 11.6 Å². The first-order valence-electron chi connectivity index (χ1n) is 14.2. The Hall–Kier alpha value is -2.18. The number of rotatable bonds is 3. The first kappa shape index (κ1) is 27.6. The lowest BCUT2D eigenvalue weighted by atomic mass is 9.83. The van der Waals surface area contributed by atoms with Crippen molar-refractivity contribution in [3.8, 4) is 11.8 Å². The van der Waals surface area contributed by atoms with Gasteiger partial charge in [0.25, 0.3) is 0 Å². The van der Waals surface area contributed by atoms with E-state index in [1.54, 1.807) is 4.90 Å². The van der Waals surface area contributed by atoms with Gasteiger partial charge in [-0.15, -0.1) is 0 Å². The summed E-state index contributed by atoms with van der Waals surface area (Å²) < 4.78 is 48.2. The molecule has 0 aliphatic carbocycles. The number of fused-ring (bicyclic) bond motifs is 3.